The van der Waals surface area contributed by atoms with Crippen molar-refractivity contribution in [2.24, 2.45) is 0 Å². The van der Waals surface area contributed by atoms with Crippen molar-refractivity contribution in [3.8, 4) is 0 Å². The number of aromatic nitrogens is 2. The van der Waals surface area contributed by atoms with Gasteiger partial charge in [0.2, 0.25) is 0 Å². The lowest BCUT2D eigenvalue weighted by atomic mass is 10.1. The predicted molar refractivity (Wildman–Crippen MR) is 83.2 cm³/mol. The second-order valence-electron chi connectivity index (χ2n) is 5.59. The van der Waals surface area contributed by atoms with E-state index in [0.717, 1.165) is 36.9 Å². The van der Waals surface area contributed by atoms with Crippen LogP contribution in [0.15, 0.2) is 24.3 Å². The topological polar surface area (TPSA) is 37.8 Å². The number of nitrogens with one attached hydrogen (secondary N) is 1. The number of aryl methyl sites for hydroxylation is 2. The van der Waals surface area contributed by atoms with Crippen LogP contribution in [0.25, 0.3) is 0 Å². The molecule has 1 saturated carbocycles. The molecule has 20 heavy (non-hydrogen) atoms. The van der Waals surface area contributed by atoms with Crippen molar-refractivity contribution in [2.75, 3.05) is 6.54 Å². The van der Waals surface area contributed by atoms with Gasteiger partial charge in [-0.2, -0.15) is 0 Å². The van der Waals surface area contributed by atoms with Gasteiger partial charge in [-0.25, -0.2) is 0 Å². The quantitative estimate of drug-likeness (QED) is 0.795. The standard InChI is InChI=1S/C16H21N3S/c1-12-4-2-5-13(10-12)11-16-19-18-15(20-16)6-3-9-17-14-7-8-14/h2,4-5,10,14,17H,3,6-9,11H2,1H3. The smallest absolute Gasteiger partial charge is 0.121 e. The van der Waals surface area contributed by atoms with Crippen LogP contribution >= 0.6 is 11.3 Å². The lowest BCUT2D eigenvalue weighted by molar-refractivity contribution is 0.643. The SMILES string of the molecule is Cc1cccc(Cc2nnc(CCCNC3CC3)s2)c1. The molecular formula is C16H21N3S. The molecule has 0 aliphatic heterocycles. The number of hydrogen-bond donors (Lipinski definition) is 1. The first-order chi connectivity index (χ1) is 9.79. The molecule has 0 radical (unpaired) electrons. The molecule has 3 nitrogen and oxygen atoms in total. The Morgan fingerprint density at radius 2 is 2.10 bits per heavy atom. The average molecular weight is 287 g/mol. The molecule has 106 valence electrons. The third-order valence-electron chi connectivity index (χ3n) is 3.52. The molecule has 4 heteroatoms. The van der Waals surface area contributed by atoms with Gasteiger partial charge in [0, 0.05) is 18.9 Å². The van der Waals surface area contributed by atoms with Crippen molar-refractivity contribution in [2.45, 2.75) is 45.1 Å². The van der Waals surface area contributed by atoms with Gasteiger partial charge in [0.05, 0.1) is 0 Å². The number of benzene rings is 1. The Kier molecular flexibility index (Phi) is 4.43. The Morgan fingerprint density at radius 1 is 1.25 bits per heavy atom. The second-order valence-corrected chi connectivity index (χ2v) is 6.73. The fraction of sp³-hybridized carbons (Fsp3) is 0.500. The zero-order chi connectivity index (χ0) is 13.8. The zero-order valence-electron chi connectivity index (χ0n) is 11.9. The van der Waals surface area contributed by atoms with Crippen LogP contribution in [-0.4, -0.2) is 22.8 Å². The lowest BCUT2D eigenvalue weighted by Gasteiger charge is -1.99. The summed E-state index contributed by atoms with van der Waals surface area (Å²) in [5.74, 6) is 0. The Bertz CT molecular complexity index is 560. The summed E-state index contributed by atoms with van der Waals surface area (Å²) in [5, 5.41) is 14.5. The molecule has 1 aliphatic carbocycles. The molecule has 1 aliphatic rings. The van der Waals surface area contributed by atoms with Crippen molar-refractivity contribution >= 4 is 11.3 Å². The zero-order valence-corrected chi connectivity index (χ0v) is 12.7. The first kappa shape index (κ1) is 13.7. The van der Waals surface area contributed by atoms with Crippen LogP contribution in [0.5, 0.6) is 0 Å². The van der Waals surface area contributed by atoms with Gasteiger partial charge in [-0.3, -0.25) is 0 Å². The summed E-state index contributed by atoms with van der Waals surface area (Å²) in [5.41, 5.74) is 2.63. The number of hydrogen-bond acceptors (Lipinski definition) is 4. The van der Waals surface area contributed by atoms with Crippen LogP contribution < -0.4 is 5.32 Å². The van der Waals surface area contributed by atoms with Crippen molar-refractivity contribution < 1.29 is 0 Å². The highest BCUT2D eigenvalue weighted by molar-refractivity contribution is 7.11. The van der Waals surface area contributed by atoms with E-state index in [9.17, 15) is 0 Å². The van der Waals surface area contributed by atoms with Gasteiger partial charge in [0.1, 0.15) is 10.0 Å². The van der Waals surface area contributed by atoms with Gasteiger partial charge >= 0.3 is 0 Å². The van der Waals surface area contributed by atoms with Crippen molar-refractivity contribution in [1.29, 1.82) is 0 Å². The molecule has 2 aromatic rings. The summed E-state index contributed by atoms with van der Waals surface area (Å²) in [6.45, 7) is 3.24. The van der Waals surface area contributed by atoms with Crippen LogP contribution in [0.2, 0.25) is 0 Å². The van der Waals surface area contributed by atoms with Crippen molar-refractivity contribution in [3.05, 3.63) is 45.4 Å². The molecule has 0 bridgehead atoms. The molecule has 1 aromatic heterocycles. The summed E-state index contributed by atoms with van der Waals surface area (Å²) in [4.78, 5) is 0. The van der Waals surface area contributed by atoms with Gasteiger partial charge in [0.15, 0.2) is 0 Å². The van der Waals surface area contributed by atoms with E-state index in [1.807, 2.05) is 0 Å². The van der Waals surface area contributed by atoms with Gasteiger partial charge in [-0.15, -0.1) is 21.5 Å². The van der Waals surface area contributed by atoms with Crippen LogP contribution in [0, 0.1) is 6.92 Å². The molecule has 1 aromatic carbocycles. The van der Waals surface area contributed by atoms with E-state index in [-0.39, 0.29) is 0 Å². The maximum absolute atomic E-state index is 4.32. The van der Waals surface area contributed by atoms with Crippen LogP contribution in [-0.2, 0) is 12.8 Å². The summed E-state index contributed by atoms with van der Waals surface area (Å²) in [7, 11) is 0. The van der Waals surface area contributed by atoms with E-state index >= 15 is 0 Å². The molecule has 0 amide bonds. The molecule has 1 N–H and O–H groups in total. The highest BCUT2D eigenvalue weighted by atomic mass is 32.1. The van der Waals surface area contributed by atoms with Crippen molar-refractivity contribution in [1.82, 2.24) is 15.5 Å². The highest BCUT2D eigenvalue weighted by Crippen LogP contribution is 2.19. The summed E-state index contributed by atoms with van der Waals surface area (Å²) >= 11 is 1.76. The molecule has 0 atom stereocenters. The molecule has 3 rings (SSSR count). The fourth-order valence-electron chi connectivity index (χ4n) is 2.29. The van der Waals surface area contributed by atoms with E-state index in [4.69, 9.17) is 0 Å². The van der Waals surface area contributed by atoms with E-state index in [1.165, 1.54) is 29.0 Å². The number of nitrogens with zero attached hydrogens (tertiary/aromatic N) is 2. The molecule has 1 fully saturated rings. The van der Waals surface area contributed by atoms with Crippen LogP contribution in [0.4, 0.5) is 0 Å². The Hall–Kier alpha value is -1.26. The van der Waals surface area contributed by atoms with E-state index in [1.54, 1.807) is 11.3 Å². The lowest BCUT2D eigenvalue weighted by Crippen LogP contribution is -2.17. The maximum Gasteiger partial charge on any atom is 0.121 e. The largest absolute Gasteiger partial charge is 0.314 e. The van der Waals surface area contributed by atoms with Crippen LogP contribution in [0.3, 0.4) is 0 Å². The fourth-order valence-corrected chi connectivity index (χ4v) is 3.21. The van der Waals surface area contributed by atoms with E-state index < -0.39 is 0 Å². The average Bonchev–Trinajstić information content (AvgIpc) is 3.15. The third-order valence-corrected chi connectivity index (χ3v) is 4.51. The normalized spacial score (nSPS) is 14.7. The molecule has 0 saturated heterocycles. The summed E-state index contributed by atoms with van der Waals surface area (Å²) in [6, 6.07) is 9.42. The highest BCUT2D eigenvalue weighted by Gasteiger charge is 2.19. The Balaban J connectivity index is 1.48. The first-order valence-corrected chi connectivity index (χ1v) is 8.21. The summed E-state index contributed by atoms with van der Waals surface area (Å²) in [6.07, 6.45) is 5.83. The minimum absolute atomic E-state index is 0.807. The molecular weight excluding hydrogens is 266 g/mol. The van der Waals surface area contributed by atoms with Gasteiger partial charge in [-0.1, -0.05) is 29.8 Å². The minimum Gasteiger partial charge on any atom is -0.314 e. The maximum atomic E-state index is 4.32. The van der Waals surface area contributed by atoms with Gasteiger partial charge in [0.25, 0.3) is 0 Å². The molecule has 0 unspecified atom stereocenters. The minimum atomic E-state index is 0.807. The monoisotopic (exact) mass is 287 g/mol. The first-order valence-electron chi connectivity index (χ1n) is 7.40. The Morgan fingerprint density at radius 3 is 2.90 bits per heavy atom. The van der Waals surface area contributed by atoms with E-state index in [0.29, 0.717) is 0 Å². The summed E-state index contributed by atoms with van der Waals surface area (Å²) < 4.78 is 0. The van der Waals surface area contributed by atoms with Gasteiger partial charge < -0.3 is 5.32 Å². The number of rotatable bonds is 7. The van der Waals surface area contributed by atoms with E-state index in [2.05, 4.69) is 46.7 Å². The third kappa shape index (κ3) is 4.12. The van der Waals surface area contributed by atoms with Crippen LogP contribution in [0.1, 0.15) is 40.4 Å². The van der Waals surface area contributed by atoms with Gasteiger partial charge in [-0.05, 0) is 38.3 Å². The molecule has 1 heterocycles. The van der Waals surface area contributed by atoms with Crippen molar-refractivity contribution in [3.63, 3.8) is 0 Å². The predicted octanol–water partition coefficient (Wildman–Crippen LogP) is 3.12. The molecule has 0 spiro atoms. The second kappa shape index (κ2) is 6.46. The Labute approximate surface area is 124 Å².